The van der Waals surface area contributed by atoms with Crippen molar-refractivity contribution in [2.24, 2.45) is 0 Å². The number of anilines is 2. The lowest BCUT2D eigenvalue weighted by atomic mass is 9.85. The molecule has 0 saturated heterocycles. The molecule has 7 nitrogen and oxygen atoms in total. The van der Waals surface area contributed by atoms with Gasteiger partial charge < -0.3 is 22.9 Å². The maximum atomic E-state index is 11.6. The number of benzene rings is 10. The van der Waals surface area contributed by atoms with Crippen molar-refractivity contribution < 1.29 is 8.83 Å². The molecule has 2 atom stereocenters. The molecule has 15 aromatic rings. The minimum atomic E-state index is -0.236. The normalized spacial score (nSPS) is 16.3. The molecule has 0 N–H and O–H groups in total. The smallest absolute Gasteiger partial charge is 0.182 e. The van der Waals surface area contributed by atoms with Crippen LogP contribution in [0.15, 0.2) is 245 Å². The second kappa shape index (κ2) is 18.2. The zero-order valence-corrected chi connectivity index (χ0v) is 47.3. The van der Waals surface area contributed by atoms with E-state index in [-0.39, 0.29) is 12.0 Å². The van der Waals surface area contributed by atoms with Crippen molar-refractivity contribution in [3.05, 3.63) is 277 Å². The highest BCUT2D eigenvalue weighted by Gasteiger charge is 2.45. The van der Waals surface area contributed by atoms with E-state index in [1.54, 1.807) is 0 Å². The first-order valence-corrected chi connectivity index (χ1v) is 30.3. The maximum absolute atomic E-state index is 11.6. The molecule has 87 heavy (non-hydrogen) atoms. The molecular weight excluding hydrogens is 1060 g/mol. The summed E-state index contributed by atoms with van der Waals surface area (Å²) in [6.45, 7) is 4.88. The van der Waals surface area contributed by atoms with Crippen LogP contribution in [-0.2, 0) is 6.42 Å². The van der Waals surface area contributed by atoms with E-state index in [4.69, 9.17) is 15.8 Å². The van der Waals surface area contributed by atoms with Gasteiger partial charge >= 0.3 is 0 Å². The first-order chi connectivity index (χ1) is 43.0. The Morgan fingerprint density at radius 1 is 0.506 bits per heavy atom. The highest BCUT2D eigenvalue weighted by molar-refractivity contribution is 6.22. The number of aryl methyl sites for hydroxylation is 1. The highest BCUT2D eigenvalue weighted by atomic mass is 16.3. The molecule has 7 heteroatoms. The molecule has 5 aromatic heterocycles. The Balaban J connectivity index is 0.827. The second-order valence-electron chi connectivity index (χ2n) is 23.8. The van der Waals surface area contributed by atoms with E-state index in [1.165, 1.54) is 49.4 Å². The summed E-state index contributed by atoms with van der Waals surface area (Å²) in [5, 5.41) is 21.8. The lowest BCUT2D eigenvalue weighted by Crippen LogP contribution is -2.30. The molecule has 4 aliphatic rings. The van der Waals surface area contributed by atoms with Gasteiger partial charge in [-0.05, 0) is 151 Å². The van der Waals surface area contributed by atoms with Gasteiger partial charge in [-0.2, -0.15) is 5.26 Å². The number of furan rings is 2. The summed E-state index contributed by atoms with van der Waals surface area (Å²) in [6.07, 6.45) is 22.1. The Morgan fingerprint density at radius 2 is 1.17 bits per heavy atom. The third kappa shape index (κ3) is 6.78. The lowest BCUT2D eigenvalue weighted by molar-refractivity contribution is 0.598. The largest absolute Gasteiger partial charge is 0.456 e. The molecule has 2 unspecified atom stereocenters. The molecule has 3 aliphatic carbocycles. The number of nitrogens with zero attached hydrogens (tertiary/aromatic N) is 5. The Morgan fingerprint density at radius 3 is 1.97 bits per heavy atom. The summed E-state index contributed by atoms with van der Waals surface area (Å²) < 4.78 is 21.3. The predicted molar refractivity (Wildman–Crippen MR) is 358 cm³/mol. The van der Waals surface area contributed by atoms with Crippen LogP contribution < -0.4 is 4.90 Å². The molecule has 0 saturated carbocycles. The van der Waals surface area contributed by atoms with E-state index >= 15 is 0 Å². The van der Waals surface area contributed by atoms with Crippen molar-refractivity contribution in [1.29, 1.82) is 5.26 Å². The van der Waals surface area contributed by atoms with Gasteiger partial charge in [0.1, 0.15) is 39.8 Å². The van der Waals surface area contributed by atoms with Crippen molar-refractivity contribution in [2.75, 3.05) is 4.90 Å². The van der Waals surface area contributed by atoms with E-state index in [2.05, 4.69) is 249 Å². The second-order valence-corrected chi connectivity index (χ2v) is 23.8. The molecule has 0 fully saturated rings. The highest BCUT2D eigenvalue weighted by Crippen LogP contribution is 2.56. The van der Waals surface area contributed by atoms with Crippen molar-refractivity contribution in [2.45, 2.75) is 37.6 Å². The molecule has 1 aliphatic heterocycles. The van der Waals surface area contributed by atoms with Gasteiger partial charge in [-0.15, -0.1) is 0 Å². The third-order valence-electron chi connectivity index (χ3n) is 19.3. The van der Waals surface area contributed by atoms with Crippen LogP contribution in [0.3, 0.4) is 0 Å². The van der Waals surface area contributed by atoms with Crippen molar-refractivity contribution in [3.8, 4) is 28.6 Å². The van der Waals surface area contributed by atoms with Crippen LogP contribution in [0.2, 0.25) is 0 Å². The zero-order valence-electron chi connectivity index (χ0n) is 47.3. The maximum Gasteiger partial charge on any atom is 0.182 e. The fraction of sp³-hybridized carbons (Fsp3) is 0.0750. The molecule has 0 spiro atoms. The summed E-state index contributed by atoms with van der Waals surface area (Å²) in [5.41, 5.74) is 22.6. The average Bonchev–Trinajstić information content (AvgIpc) is 1.72. The monoisotopic (exact) mass is 1110 g/mol. The standard InChI is InChI=1S/C80H52N5O2/c1-47-28-29-52(46-81)78(85-70-39-33-51(45-64(70)76-72(85)41-35-60-58-23-11-15-27-74(58)87-80(60)76)49-31-37-68-62(43-49)56-21-9-13-25-66(56)83(68)54-18-6-3-7-19-54)77(47)84-69-38-32-50(44-63(69)75-71(84)40-34-59-57-22-10-14-26-73(57)86-79(59)75)48-30-36-67-61(42-48)55-20-8-12-24-65(55)82(67)53-16-4-2-5-17-53/h2-4,6-9,11-16,18-21,23-45,64,70H,1,5,10,17,22H2/q+1. The van der Waals surface area contributed by atoms with Crippen molar-refractivity contribution in [1.82, 2.24) is 13.7 Å². The number of hydrogen-bond acceptors (Lipinski definition) is 4. The van der Waals surface area contributed by atoms with E-state index in [9.17, 15) is 5.26 Å². The van der Waals surface area contributed by atoms with Crippen LogP contribution in [-0.4, -0.2) is 19.7 Å². The van der Waals surface area contributed by atoms with Crippen molar-refractivity contribution in [3.63, 3.8) is 0 Å². The Hall–Kier alpha value is -11.2. The number of allylic oxidation sites excluding steroid dienone is 7. The van der Waals surface area contributed by atoms with Gasteiger partial charge in [-0.25, -0.2) is 0 Å². The number of nitriles is 1. The van der Waals surface area contributed by atoms with Crippen LogP contribution >= 0.6 is 0 Å². The van der Waals surface area contributed by atoms with Gasteiger partial charge in [0.2, 0.25) is 0 Å². The average molecular weight is 1120 g/mol. The van der Waals surface area contributed by atoms with Gasteiger partial charge in [-0.1, -0.05) is 127 Å². The molecular formula is C80H52N5O2+. The Bertz CT molecular complexity index is 5760. The van der Waals surface area contributed by atoms with Gasteiger partial charge in [0, 0.05) is 90.6 Å². The minimum Gasteiger partial charge on any atom is -0.456 e. The number of rotatable bonds is 6. The number of aromatic nitrogens is 3. The van der Waals surface area contributed by atoms with Crippen LogP contribution in [0.1, 0.15) is 58.8 Å². The van der Waals surface area contributed by atoms with Gasteiger partial charge in [-0.3, -0.25) is 4.57 Å². The molecule has 6 heterocycles. The topological polar surface area (TPSA) is 68.1 Å². The van der Waals surface area contributed by atoms with Crippen LogP contribution in [0.4, 0.5) is 11.4 Å². The SMILES string of the molecule is [CH2+]c1ccc(C#N)c(N2c3ccc4c(oc5ccccc54)c3C3C=C(c4ccc5c(c4)c4ccccc4n5-c4ccccc4)C=CC32)c1-n1c2ccc(-c3ccc4c(c3)c3ccccc3n4C3=CC=CCC3)cc2c2c3oc4c(c3ccc21)CCC=C4. The first kappa shape index (κ1) is 48.2. The summed E-state index contributed by atoms with van der Waals surface area (Å²) in [7, 11) is 0. The number of fused-ring (bicyclic) bond motifs is 20. The number of para-hydroxylation sites is 4. The fourth-order valence-corrected chi connectivity index (χ4v) is 15.5. The number of hydrogen-bond donors (Lipinski definition) is 0. The van der Waals surface area contributed by atoms with Crippen LogP contribution in [0.25, 0.3) is 138 Å². The summed E-state index contributed by atoms with van der Waals surface area (Å²) in [5.74, 6) is 0.757. The first-order valence-electron chi connectivity index (χ1n) is 30.3. The van der Waals surface area contributed by atoms with E-state index in [0.717, 1.165) is 148 Å². The predicted octanol–water partition coefficient (Wildman–Crippen LogP) is 20.8. The summed E-state index contributed by atoms with van der Waals surface area (Å²) >= 11 is 0. The molecule has 19 rings (SSSR count). The van der Waals surface area contributed by atoms with Crippen molar-refractivity contribution >= 4 is 127 Å². The molecule has 0 radical (unpaired) electrons. The van der Waals surface area contributed by atoms with Crippen LogP contribution in [0.5, 0.6) is 0 Å². The van der Waals surface area contributed by atoms with Gasteiger partial charge in [0.15, 0.2) is 11.3 Å². The van der Waals surface area contributed by atoms with E-state index in [1.807, 2.05) is 18.2 Å². The molecule has 10 aromatic carbocycles. The Labute approximate surface area is 500 Å². The molecule has 0 amide bonds. The third-order valence-corrected chi connectivity index (χ3v) is 19.3. The summed E-state index contributed by atoms with van der Waals surface area (Å²) in [4.78, 5) is 2.42. The van der Waals surface area contributed by atoms with Gasteiger partial charge in [0.05, 0.1) is 50.2 Å². The quantitative estimate of drug-likeness (QED) is 0.156. The summed E-state index contributed by atoms with van der Waals surface area (Å²) in [6, 6.07) is 72.7. The minimum absolute atomic E-state index is 0.163. The Kier molecular flexibility index (Phi) is 10.1. The zero-order chi connectivity index (χ0) is 57.2. The van der Waals surface area contributed by atoms with Crippen LogP contribution in [0, 0.1) is 18.3 Å². The molecule has 408 valence electrons. The van der Waals surface area contributed by atoms with E-state index in [0.29, 0.717) is 5.56 Å². The van der Waals surface area contributed by atoms with Gasteiger partial charge in [0.25, 0.3) is 0 Å². The van der Waals surface area contributed by atoms with E-state index < -0.39 is 0 Å². The lowest BCUT2D eigenvalue weighted by Gasteiger charge is -2.30. The fourth-order valence-electron chi connectivity index (χ4n) is 15.5. The molecule has 0 bridgehead atoms.